The molecule has 1 N–H and O–H groups in total. The van der Waals surface area contributed by atoms with Gasteiger partial charge in [0.1, 0.15) is 0 Å². The number of piperidine rings is 1. The first kappa shape index (κ1) is 22.4. The predicted octanol–water partition coefficient (Wildman–Crippen LogP) is 5.04. The number of carbonyl (C=O) groups is 1. The van der Waals surface area contributed by atoms with Gasteiger partial charge in [0.05, 0.1) is 20.7 Å². The number of hydrogen-bond donors (Lipinski definition) is 1. The summed E-state index contributed by atoms with van der Waals surface area (Å²) in [5.41, 5.74) is 1.56. The minimum atomic E-state index is -3.46. The molecule has 0 unspecified atom stereocenters. The van der Waals surface area contributed by atoms with Crippen LogP contribution in [-0.4, -0.2) is 37.5 Å². The van der Waals surface area contributed by atoms with E-state index in [1.807, 2.05) is 6.07 Å². The molecule has 1 saturated heterocycles. The maximum Gasteiger partial charge on any atom is 0.243 e. The van der Waals surface area contributed by atoms with Crippen LogP contribution in [0.15, 0.2) is 47.4 Å². The molecule has 0 aliphatic carbocycles. The number of amides is 1. The van der Waals surface area contributed by atoms with Crippen LogP contribution in [0.4, 0.5) is 5.69 Å². The van der Waals surface area contributed by atoms with Crippen LogP contribution in [0.25, 0.3) is 0 Å². The van der Waals surface area contributed by atoms with Gasteiger partial charge in [-0.15, -0.1) is 11.8 Å². The van der Waals surface area contributed by atoms with Crippen molar-refractivity contribution in [1.82, 2.24) is 4.31 Å². The lowest BCUT2D eigenvalue weighted by molar-refractivity contribution is -0.113. The summed E-state index contributed by atoms with van der Waals surface area (Å²) in [5, 5.41) is 3.79. The van der Waals surface area contributed by atoms with Crippen molar-refractivity contribution in [2.24, 2.45) is 0 Å². The van der Waals surface area contributed by atoms with E-state index in [1.54, 1.807) is 36.4 Å². The van der Waals surface area contributed by atoms with E-state index in [9.17, 15) is 13.2 Å². The van der Waals surface area contributed by atoms with E-state index in [-0.39, 0.29) is 16.6 Å². The first-order valence-corrected chi connectivity index (χ1v) is 12.6. The largest absolute Gasteiger partial charge is 0.325 e. The molecule has 1 heterocycles. The second kappa shape index (κ2) is 10.2. The number of nitrogens with zero attached hydrogens (tertiary/aromatic N) is 1. The molecule has 1 aliphatic rings. The molecular formula is C20H22Cl2N2O3S2. The number of thioether (sulfide) groups is 1. The molecule has 0 atom stereocenters. The van der Waals surface area contributed by atoms with Gasteiger partial charge in [0.2, 0.25) is 15.9 Å². The number of carbonyl (C=O) groups excluding carboxylic acids is 1. The van der Waals surface area contributed by atoms with Gasteiger partial charge in [-0.2, -0.15) is 4.31 Å². The number of hydrogen-bond acceptors (Lipinski definition) is 4. The fourth-order valence-electron chi connectivity index (χ4n) is 3.05. The summed E-state index contributed by atoms with van der Waals surface area (Å²) in [6.07, 6.45) is 2.86. The van der Waals surface area contributed by atoms with Crippen molar-refractivity contribution in [2.45, 2.75) is 29.9 Å². The van der Waals surface area contributed by atoms with Crippen LogP contribution in [0.1, 0.15) is 24.8 Å². The fraction of sp³-hybridized carbons (Fsp3) is 0.350. The lowest BCUT2D eigenvalue weighted by atomic mass is 10.2. The summed E-state index contributed by atoms with van der Waals surface area (Å²) in [4.78, 5) is 12.4. The third kappa shape index (κ3) is 6.12. The Hall–Kier alpha value is -1.25. The van der Waals surface area contributed by atoms with Crippen LogP contribution >= 0.6 is 35.0 Å². The lowest BCUT2D eigenvalue weighted by Crippen LogP contribution is -2.35. The number of nitrogens with one attached hydrogen (secondary N) is 1. The van der Waals surface area contributed by atoms with Crippen molar-refractivity contribution in [3.63, 3.8) is 0 Å². The van der Waals surface area contributed by atoms with Crippen molar-refractivity contribution >= 4 is 56.6 Å². The Labute approximate surface area is 185 Å². The van der Waals surface area contributed by atoms with E-state index >= 15 is 0 Å². The molecule has 1 aliphatic heterocycles. The van der Waals surface area contributed by atoms with Crippen molar-refractivity contribution < 1.29 is 13.2 Å². The quantitative estimate of drug-likeness (QED) is 0.612. The lowest BCUT2D eigenvalue weighted by Gasteiger charge is -2.25. The molecule has 0 bridgehead atoms. The van der Waals surface area contributed by atoms with Crippen molar-refractivity contribution in [1.29, 1.82) is 0 Å². The minimum Gasteiger partial charge on any atom is -0.325 e. The molecule has 0 spiro atoms. The average Bonchev–Trinajstić information content (AvgIpc) is 2.72. The third-order valence-electron chi connectivity index (χ3n) is 4.58. The Morgan fingerprint density at radius 2 is 1.69 bits per heavy atom. The summed E-state index contributed by atoms with van der Waals surface area (Å²) >= 11 is 13.3. The molecule has 0 saturated carbocycles. The summed E-state index contributed by atoms with van der Waals surface area (Å²) in [6, 6.07) is 11.7. The number of rotatable bonds is 7. The standard InChI is InChI=1S/C20H22Cl2N2O3S2/c21-18-9-4-15(12-19(18)22)13-28-14-20(25)23-16-5-7-17(8-6-16)29(26,27)24-10-2-1-3-11-24/h4-9,12H,1-3,10-11,13-14H2,(H,23,25). The van der Waals surface area contributed by atoms with Gasteiger partial charge in [-0.25, -0.2) is 8.42 Å². The van der Waals surface area contributed by atoms with Crippen molar-refractivity contribution in [2.75, 3.05) is 24.2 Å². The summed E-state index contributed by atoms with van der Waals surface area (Å²) in [5.74, 6) is 0.757. The molecule has 29 heavy (non-hydrogen) atoms. The van der Waals surface area contributed by atoms with Gasteiger partial charge in [0.15, 0.2) is 0 Å². The molecule has 5 nitrogen and oxygen atoms in total. The van der Waals surface area contributed by atoms with Crippen LogP contribution in [-0.2, 0) is 20.6 Å². The van der Waals surface area contributed by atoms with Crippen LogP contribution in [0, 0.1) is 0 Å². The van der Waals surface area contributed by atoms with E-state index in [0.717, 1.165) is 24.8 Å². The Bertz CT molecular complexity index is 960. The number of anilines is 1. The smallest absolute Gasteiger partial charge is 0.243 e. The van der Waals surface area contributed by atoms with E-state index in [0.29, 0.717) is 34.6 Å². The molecule has 156 valence electrons. The molecule has 0 aromatic heterocycles. The zero-order chi connectivity index (χ0) is 20.9. The van der Waals surface area contributed by atoms with Crippen LogP contribution < -0.4 is 5.32 Å². The van der Waals surface area contributed by atoms with Crippen LogP contribution in [0.2, 0.25) is 10.0 Å². The monoisotopic (exact) mass is 472 g/mol. The highest BCUT2D eigenvalue weighted by atomic mass is 35.5. The number of sulfonamides is 1. The van der Waals surface area contributed by atoms with Gasteiger partial charge in [-0.05, 0) is 54.8 Å². The second-order valence-electron chi connectivity index (χ2n) is 6.78. The van der Waals surface area contributed by atoms with E-state index in [1.165, 1.54) is 16.1 Å². The highest BCUT2D eigenvalue weighted by molar-refractivity contribution is 7.99. The molecule has 3 rings (SSSR count). The van der Waals surface area contributed by atoms with Crippen LogP contribution in [0.5, 0.6) is 0 Å². The highest BCUT2D eigenvalue weighted by Crippen LogP contribution is 2.25. The Balaban J connectivity index is 1.51. The number of benzene rings is 2. The maximum absolute atomic E-state index is 12.7. The predicted molar refractivity (Wildman–Crippen MR) is 120 cm³/mol. The van der Waals surface area contributed by atoms with Gasteiger partial charge < -0.3 is 5.32 Å². The molecule has 2 aromatic rings. The van der Waals surface area contributed by atoms with Gasteiger partial charge in [0.25, 0.3) is 0 Å². The zero-order valence-corrected chi connectivity index (χ0v) is 18.9. The van der Waals surface area contributed by atoms with Crippen molar-refractivity contribution in [3.8, 4) is 0 Å². The van der Waals surface area contributed by atoms with Gasteiger partial charge in [-0.3, -0.25) is 4.79 Å². The first-order chi connectivity index (χ1) is 13.9. The van der Waals surface area contributed by atoms with Gasteiger partial charge in [0, 0.05) is 24.5 Å². The minimum absolute atomic E-state index is 0.151. The molecule has 2 aromatic carbocycles. The fourth-order valence-corrected chi connectivity index (χ4v) is 5.67. The molecule has 1 amide bonds. The van der Waals surface area contributed by atoms with E-state index < -0.39 is 10.0 Å². The summed E-state index contributed by atoms with van der Waals surface area (Å²) < 4.78 is 26.9. The third-order valence-corrected chi connectivity index (χ3v) is 8.23. The van der Waals surface area contributed by atoms with Crippen LogP contribution in [0.3, 0.4) is 0 Å². The van der Waals surface area contributed by atoms with E-state index in [4.69, 9.17) is 23.2 Å². The summed E-state index contributed by atoms with van der Waals surface area (Å²) in [6.45, 7) is 1.13. The molecule has 9 heteroatoms. The average molecular weight is 473 g/mol. The van der Waals surface area contributed by atoms with E-state index in [2.05, 4.69) is 5.32 Å². The Morgan fingerprint density at radius 3 is 2.34 bits per heavy atom. The SMILES string of the molecule is O=C(CSCc1ccc(Cl)c(Cl)c1)Nc1ccc(S(=O)(=O)N2CCCCC2)cc1. The maximum atomic E-state index is 12.7. The number of halogens is 2. The highest BCUT2D eigenvalue weighted by Gasteiger charge is 2.25. The van der Waals surface area contributed by atoms with Gasteiger partial charge in [-0.1, -0.05) is 35.7 Å². The van der Waals surface area contributed by atoms with Gasteiger partial charge >= 0.3 is 0 Å². The zero-order valence-electron chi connectivity index (χ0n) is 15.7. The Kier molecular flexibility index (Phi) is 7.87. The van der Waals surface area contributed by atoms with Crippen molar-refractivity contribution in [3.05, 3.63) is 58.1 Å². The first-order valence-electron chi connectivity index (χ1n) is 9.28. The summed E-state index contributed by atoms with van der Waals surface area (Å²) in [7, 11) is -3.46. The Morgan fingerprint density at radius 1 is 1.00 bits per heavy atom. The molecule has 1 fully saturated rings. The topological polar surface area (TPSA) is 66.5 Å². The molecule has 0 radical (unpaired) electrons. The molecular weight excluding hydrogens is 451 g/mol. The normalized spacial score (nSPS) is 15.2. The second-order valence-corrected chi connectivity index (χ2v) is 10.5.